The number of hydrogen-bond acceptors (Lipinski definition) is 7. The fourth-order valence-corrected chi connectivity index (χ4v) is 4.10. The lowest BCUT2D eigenvalue weighted by Crippen LogP contribution is -2.33. The zero-order valence-corrected chi connectivity index (χ0v) is 17.1. The fourth-order valence-electron chi connectivity index (χ4n) is 3.20. The van der Waals surface area contributed by atoms with Crippen LogP contribution in [0.1, 0.15) is 17.3 Å². The van der Waals surface area contributed by atoms with Crippen LogP contribution in [0.2, 0.25) is 0 Å². The summed E-state index contributed by atoms with van der Waals surface area (Å²) in [7, 11) is 0. The van der Waals surface area contributed by atoms with Crippen LogP contribution in [0.15, 0.2) is 52.9 Å². The van der Waals surface area contributed by atoms with Gasteiger partial charge in [-0.2, -0.15) is 0 Å². The Kier molecular flexibility index (Phi) is 5.76. The van der Waals surface area contributed by atoms with E-state index in [9.17, 15) is 14.4 Å². The molecule has 154 valence electrons. The highest BCUT2D eigenvalue weighted by Crippen LogP contribution is 2.36. The topological polar surface area (TPSA) is 86.1 Å². The summed E-state index contributed by atoms with van der Waals surface area (Å²) in [5.41, 5.74) is 1.49. The van der Waals surface area contributed by atoms with Crippen LogP contribution < -0.4 is 4.74 Å². The lowest BCUT2D eigenvalue weighted by Gasteiger charge is -2.13. The van der Waals surface area contributed by atoms with Gasteiger partial charge in [0.05, 0.1) is 18.2 Å². The number of benzene rings is 2. The molecule has 8 heteroatoms. The Morgan fingerprint density at radius 1 is 1.17 bits per heavy atom. The summed E-state index contributed by atoms with van der Waals surface area (Å²) in [6.45, 7) is 1.83. The van der Waals surface area contributed by atoms with E-state index in [1.807, 2.05) is 30.3 Å². The van der Waals surface area contributed by atoms with Gasteiger partial charge in [0.2, 0.25) is 5.91 Å². The van der Waals surface area contributed by atoms with E-state index >= 15 is 0 Å². The van der Waals surface area contributed by atoms with Gasteiger partial charge in [-0.3, -0.25) is 4.79 Å². The number of thioether (sulfide) groups is 1. The van der Waals surface area contributed by atoms with Crippen LogP contribution in [0, 0.1) is 0 Å². The van der Waals surface area contributed by atoms with E-state index in [4.69, 9.17) is 13.9 Å². The second-order valence-electron chi connectivity index (χ2n) is 6.59. The summed E-state index contributed by atoms with van der Waals surface area (Å²) in [5, 5.41) is 0.491. The maximum atomic E-state index is 12.7. The Labute approximate surface area is 176 Å². The highest BCUT2D eigenvalue weighted by molar-refractivity contribution is 8.00. The third-order valence-electron chi connectivity index (χ3n) is 4.55. The first-order valence-electron chi connectivity index (χ1n) is 9.42. The van der Waals surface area contributed by atoms with Crippen molar-refractivity contribution in [2.24, 2.45) is 0 Å². The highest BCUT2D eigenvalue weighted by Gasteiger charge is 2.26. The Hall–Kier alpha value is -3.26. The Balaban J connectivity index is 1.67. The molecule has 1 saturated heterocycles. The van der Waals surface area contributed by atoms with Crippen LogP contribution in [-0.2, 0) is 14.3 Å². The lowest BCUT2D eigenvalue weighted by atomic mass is 10.1. The van der Waals surface area contributed by atoms with Crippen molar-refractivity contribution >= 4 is 40.6 Å². The van der Waals surface area contributed by atoms with E-state index in [2.05, 4.69) is 0 Å². The fraction of sp³-hybridized carbons (Fsp3) is 0.227. The minimum Gasteiger partial charge on any atom is -0.462 e. The van der Waals surface area contributed by atoms with E-state index in [-0.39, 0.29) is 30.4 Å². The summed E-state index contributed by atoms with van der Waals surface area (Å²) >= 11 is 1.46. The molecule has 0 radical (unpaired) electrons. The Morgan fingerprint density at radius 3 is 2.67 bits per heavy atom. The molecule has 3 aromatic rings. The summed E-state index contributed by atoms with van der Waals surface area (Å²) in [6.07, 6.45) is 0. The molecule has 0 bridgehead atoms. The van der Waals surface area contributed by atoms with Crippen LogP contribution in [0.4, 0.5) is 0 Å². The average molecular weight is 425 g/mol. The molecule has 30 heavy (non-hydrogen) atoms. The molecule has 0 N–H and O–H groups in total. The quantitative estimate of drug-likeness (QED) is 0.439. The van der Waals surface area contributed by atoms with Crippen LogP contribution in [0.25, 0.3) is 22.3 Å². The minimum absolute atomic E-state index is 0.0839. The third kappa shape index (κ3) is 4.04. The summed E-state index contributed by atoms with van der Waals surface area (Å²) in [4.78, 5) is 38.1. The van der Waals surface area contributed by atoms with Gasteiger partial charge in [-0.1, -0.05) is 30.3 Å². The van der Waals surface area contributed by atoms with Gasteiger partial charge in [-0.15, -0.1) is 11.8 Å². The number of ether oxygens (including phenoxy) is 2. The molecule has 7 nitrogen and oxygen atoms in total. The van der Waals surface area contributed by atoms with Crippen molar-refractivity contribution < 1.29 is 28.3 Å². The zero-order chi connectivity index (χ0) is 21.1. The maximum Gasteiger partial charge on any atom is 0.342 e. The molecule has 0 unspecified atom stereocenters. The molecule has 0 saturated carbocycles. The number of furan rings is 1. The number of nitrogens with zero attached hydrogens (tertiary/aromatic N) is 1. The first kappa shape index (κ1) is 20.0. The van der Waals surface area contributed by atoms with Gasteiger partial charge in [0.15, 0.2) is 0 Å². The predicted octanol–water partition coefficient (Wildman–Crippen LogP) is 3.71. The van der Waals surface area contributed by atoms with Crippen molar-refractivity contribution in [2.45, 2.75) is 6.92 Å². The molecule has 0 atom stereocenters. The number of hydrogen-bond donors (Lipinski definition) is 0. The second kappa shape index (κ2) is 8.62. The van der Waals surface area contributed by atoms with E-state index in [1.165, 1.54) is 16.7 Å². The van der Waals surface area contributed by atoms with Crippen LogP contribution in [0.3, 0.4) is 0 Å². The van der Waals surface area contributed by atoms with Crippen LogP contribution >= 0.6 is 11.8 Å². The highest BCUT2D eigenvalue weighted by atomic mass is 32.2. The van der Waals surface area contributed by atoms with Crippen molar-refractivity contribution in [2.75, 3.05) is 24.8 Å². The first-order chi connectivity index (χ1) is 14.6. The van der Waals surface area contributed by atoms with Crippen molar-refractivity contribution in [3.05, 3.63) is 54.1 Å². The normalized spacial score (nSPS) is 13.6. The van der Waals surface area contributed by atoms with Crippen LogP contribution in [-0.4, -0.2) is 47.5 Å². The average Bonchev–Trinajstić information content (AvgIpc) is 3.32. The van der Waals surface area contributed by atoms with E-state index in [0.29, 0.717) is 28.4 Å². The molecule has 4 rings (SSSR count). The van der Waals surface area contributed by atoms with Gasteiger partial charge in [0.25, 0.3) is 0 Å². The van der Waals surface area contributed by atoms with Crippen molar-refractivity contribution in [3.63, 3.8) is 0 Å². The molecule has 1 aliphatic rings. The molecule has 1 aromatic heterocycles. The largest absolute Gasteiger partial charge is 0.462 e. The SMILES string of the molecule is CCOC(=O)c1c(-c2ccccc2)oc2ccc(OC(=O)CN3CSCC3=O)cc12. The van der Waals surface area contributed by atoms with Gasteiger partial charge < -0.3 is 18.8 Å². The minimum atomic E-state index is -0.547. The molecule has 2 heterocycles. The Bertz CT molecular complexity index is 1110. The first-order valence-corrected chi connectivity index (χ1v) is 10.6. The molecule has 0 spiro atoms. The van der Waals surface area contributed by atoms with E-state index in [1.54, 1.807) is 25.1 Å². The van der Waals surface area contributed by atoms with Crippen molar-refractivity contribution in [1.29, 1.82) is 0 Å². The molecule has 0 aliphatic carbocycles. The number of esters is 2. The molecule has 1 fully saturated rings. The number of fused-ring (bicyclic) bond motifs is 1. The Morgan fingerprint density at radius 2 is 1.97 bits per heavy atom. The maximum absolute atomic E-state index is 12.7. The lowest BCUT2D eigenvalue weighted by molar-refractivity contribution is -0.140. The van der Waals surface area contributed by atoms with E-state index in [0.717, 1.165) is 5.56 Å². The van der Waals surface area contributed by atoms with Gasteiger partial charge >= 0.3 is 11.9 Å². The van der Waals surface area contributed by atoms with Gasteiger partial charge in [-0.25, -0.2) is 9.59 Å². The second-order valence-corrected chi connectivity index (χ2v) is 7.55. The summed E-state index contributed by atoms with van der Waals surface area (Å²) in [6, 6.07) is 14.1. The van der Waals surface area contributed by atoms with Gasteiger partial charge in [0, 0.05) is 10.9 Å². The van der Waals surface area contributed by atoms with Gasteiger partial charge in [0.1, 0.15) is 29.2 Å². The molecular formula is C22H19NO6S. The van der Waals surface area contributed by atoms with Crippen molar-refractivity contribution in [1.82, 2.24) is 4.90 Å². The predicted molar refractivity (Wildman–Crippen MR) is 112 cm³/mol. The number of carbonyl (C=O) groups excluding carboxylic acids is 3. The number of rotatable bonds is 6. The summed E-state index contributed by atoms with van der Waals surface area (Å²) < 4.78 is 16.6. The molecule has 1 aliphatic heterocycles. The molecule has 1 amide bonds. The standard InChI is InChI=1S/C22H19NO6S/c1-2-27-22(26)20-16-10-15(28-19(25)11-23-13-30-12-18(23)24)8-9-17(16)29-21(20)14-6-4-3-5-7-14/h3-10H,2,11-13H2,1H3. The number of carbonyl (C=O) groups is 3. The summed E-state index contributed by atoms with van der Waals surface area (Å²) in [5.74, 6) is 0.360. The number of amides is 1. The van der Waals surface area contributed by atoms with Crippen LogP contribution in [0.5, 0.6) is 5.75 Å². The van der Waals surface area contributed by atoms with Gasteiger partial charge in [-0.05, 0) is 25.1 Å². The van der Waals surface area contributed by atoms with E-state index < -0.39 is 11.9 Å². The van der Waals surface area contributed by atoms with Crippen molar-refractivity contribution in [3.8, 4) is 17.1 Å². The zero-order valence-electron chi connectivity index (χ0n) is 16.3. The monoisotopic (exact) mass is 425 g/mol. The molecular weight excluding hydrogens is 406 g/mol. The molecule has 2 aromatic carbocycles. The smallest absolute Gasteiger partial charge is 0.342 e. The third-order valence-corrected chi connectivity index (χ3v) is 5.50.